The number of hydrogen-bond acceptors (Lipinski definition) is 3. The predicted molar refractivity (Wildman–Crippen MR) is 74.6 cm³/mol. The van der Waals surface area contributed by atoms with Gasteiger partial charge in [0.2, 0.25) is 0 Å². The zero-order valence-electron chi connectivity index (χ0n) is 11.8. The molecule has 0 aliphatic carbocycles. The molecule has 1 heterocycles. The van der Waals surface area contributed by atoms with Crippen LogP contribution < -0.4 is 5.32 Å². The summed E-state index contributed by atoms with van der Waals surface area (Å²) in [6.07, 6.45) is 10.3. The molecule has 0 spiro atoms. The number of unbranched alkanes of at least 4 members (excludes halogenated alkanes) is 1. The highest BCUT2D eigenvalue weighted by Gasteiger charge is 2.40. The molecule has 1 atom stereocenters. The highest BCUT2D eigenvalue weighted by molar-refractivity contribution is 4.96. The number of likely N-dealkylation sites (N-methyl/N-ethyl adjacent to an activating group) is 1. The minimum atomic E-state index is -0.0579. The van der Waals surface area contributed by atoms with Crippen molar-refractivity contribution in [3.8, 4) is 12.3 Å². The fourth-order valence-corrected chi connectivity index (χ4v) is 2.80. The van der Waals surface area contributed by atoms with E-state index in [1.807, 2.05) is 0 Å². The van der Waals surface area contributed by atoms with Crippen LogP contribution in [-0.2, 0) is 9.47 Å². The zero-order chi connectivity index (χ0) is 13.3. The van der Waals surface area contributed by atoms with Gasteiger partial charge in [-0.2, -0.15) is 0 Å². The van der Waals surface area contributed by atoms with E-state index >= 15 is 0 Å². The summed E-state index contributed by atoms with van der Waals surface area (Å²) >= 11 is 0. The third-order valence-electron chi connectivity index (χ3n) is 3.67. The van der Waals surface area contributed by atoms with Crippen LogP contribution in [0.1, 0.15) is 46.0 Å². The van der Waals surface area contributed by atoms with Crippen molar-refractivity contribution in [2.45, 2.75) is 57.6 Å². The van der Waals surface area contributed by atoms with E-state index < -0.39 is 0 Å². The van der Waals surface area contributed by atoms with Crippen LogP contribution >= 0.6 is 0 Å². The summed E-state index contributed by atoms with van der Waals surface area (Å²) in [6, 6.07) is 0.389. The quantitative estimate of drug-likeness (QED) is 0.532. The molecule has 1 aliphatic heterocycles. The van der Waals surface area contributed by atoms with E-state index in [4.69, 9.17) is 15.9 Å². The van der Waals surface area contributed by atoms with Crippen molar-refractivity contribution in [2.75, 3.05) is 26.4 Å². The topological polar surface area (TPSA) is 30.5 Å². The zero-order valence-corrected chi connectivity index (χ0v) is 11.8. The van der Waals surface area contributed by atoms with Gasteiger partial charge in [-0.25, -0.2) is 0 Å². The van der Waals surface area contributed by atoms with Crippen molar-refractivity contribution in [2.24, 2.45) is 0 Å². The summed E-state index contributed by atoms with van der Waals surface area (Å²) in [5.74, 6) is 2.72. The molecule has 3 nitrogen and oxygen atoms in total. The van der Waals surface area contributed by atoms with E-state index in [9.17, 15) is 0 Å². The Morgan fingerprint density at radius 1 is 1.39 bits per heavy atom. The standard InChI is InChI=1S/C15H27NO2/c1-4-7-8-9-14(16-5-2)15(18-6-3)10-12-17-13-11-15/h1,14,16H,5-13H2,2-3H3. The predicted octanol–water partition coefficient (Wildman–Crippen LogP) is 2.35. The lowest BCUT2D eigenvalue weighted by molar-refractivity contribution is -0.127. The molecule has 0 bridgehead atoms. The molecule has 1 fully saturated rings. The van der Waals surface area contributed by atoms with Gasteiger partial charge >= 0.3 is 0 Å². The number of hydrogen-bond donors (Lipinski definition) is 1. The Balaban J connectivity index is 2.66. The maximum atomic E-state index is 6.12. The Bertz CT molecular complexity index is 248. The average molecular weight is 253 g/mol. The molecule has 0 radical (unpaired) electrons. The van der Waals surface area contributed by atoms with E-state index in [-0.39, 0.29) is 5.60 Å². The normalized spacial score (nSPS) is 20.3. The average Bonchev–Trinajstić information content (AvgIpc) is 2.39. The molecule has 1 saturated heterocycles. The van der Waals surface area contributed by atoms with Crippen LogP contribution in [-0.4, -0.2) is 38.0 Å². The van der Waals surface area contributed by atoms with Gasteiger partial charge in [0.25, 0.3) is 0 Å². The minimum absolute atomic E-state index is 0.0579. The number of rotatable bonds is 8. The molecule has 0 aromatic heterocycles. The van der Waals surface area contributed by atoms with Gasteiger partial charge < -0.3 is 14.8 Å². The van der Waals surface area contributed by atoms with Gasteiger partial charge in [0.15, 0.2) is 0 Å². The van der Waals surface area contributed by atoms with Crippen molar-refractivity contribution in [3.63, 3.8) is 0 Å². The lowest BCUT2D eigenvalue weighted by Gasteiger charge is -2.43. The van der Waals surface area contributed by atoms with Gasteiger partial charge in [0, 0.05) is 45.1 Å². The van der Waals surface area contributed by atoms with Gasteiger partial charge in [-0.3, -0.25) is 0 Å². The molecule has 0 aromatic rings. The van der Waals surface area contributed by atoms with Crippen molar-refractivity contribution in [1.82, 2.24) is 5.32 Å². The highest BCUT2D eigenvalue weighted by atomic mass is 16.5. The van der Waals surface area contributed by atoms with E-state index in [1.54, 1.807) is 0 Å². The first kappa shape index (κ1) is 15.5. The molecule has 1 unspecified atom stereocenters. The first-order valence-corrected chi connectivity index (χ1v) is 7.17. The molecule has 1 N–H and O–H groups in total. The number of ether oxygens (including phenoxy) is 2. The Hall–Kier alpha value is -0.560. The monoisotopic (exact) mass is 253 g/mol. The van der Waals surface area contributed by atoms with Crippen molar-refractivity contribution >= 4 is 0 Å². The molecule has 1 aliphatic rings. The molecule has 18 heavy (non-hydrogen) atoms. The van der Waals surface area contributed by atoms with Gasteiger partial charge in [-0.05, 0) is 26.3 Å². The summed E-state index contributed by atoms with van der Waals surface area (Å²) in [5, 5.41) is 3.59. The van der Waals surface area contributed by atoms with Gasteiger partial charge in [0.1, 0.15) is 0 Å². The molecule has 0 aromatic carbocycles. The van der Waals surface area contributed by atoms with Crippen LogP contribution in [0.3, 0.4) is 0 Å². The van der Waals surface area contributed by atoms with E-state index in [2.05, 4.69) is 25.1 Å². The Labute approximate surface area is 112 Å². The third-order valence-corrected chi connectivity index (χ3v) is 3.67. The Morgan fingerprint density at radius 3 is 2.67 bits per heavy atom. The summed E-state index contributed by atoms with van der Waals surface area (Å²) in [4.78, 5) is 0. The van der Waals surface area contributed by atoms with E-state index in [1.165, 1.54) is 0 Å². The number of terminal acetylenes is 1. The SMILES string of the molecule is C#CCCCC(NCC)C1(OCC)CCOCC1. The number of nitrogens with one attached hydrogen (secondary N) is 1. The molecule has 3 heteroatoms. The van der Waals surface area contributed by atoms with Crippen LogP contribution in [0.15, 0.2) is 0 Å². The summed E-state index contributed by atoms with van der Waals surface area (Å²) < 4.78 is 11.6. The van der Waals surface area contributed by atoms with Crippen LogP contribution in [0.4, 0.5) is 0 Å². The molecular weight excluding hydrogens is 226 g/mol. The lowest BCUT2D eigenvalue weighted by atomic mass is 9.83. The molecule has 0 saturated carbocycles. The largest absolute Gasteiger partial charge is 0.381 e. The van der Waals surface area contributed by atoms with Crippen molar-refractivity contribution in [1.29, 1.82) is 0 Å². The fourth-order valence-electron chi connectivity index (χ4n) is 2.80. The molecule has 0 amide bonds. The van der Waals surface area contributed by atoms with Crippen LogP contribution in [0, 0.1) is 12.3 Å². The maximum Gasteiger partial charge on any atom is 0.0878 e. The third kappa shape index (κ3) is 4.28. The first-order valence-electron chi connectivity index (χ1n) is 7.17. The van der Waals surface area contributed by atoms with Gasteiger partial charge in [-0.1, -0.05) is 6.92 Å². The fraction of sp³-hybridized carbons (Fsp3) is 0.867. The molecule has 104 valence electrons. The van der Waals surface area contributed by atoms with Gasteiger partial charge in [0.05, 0.1) is 5.60 Å². The van der Waals surface area contributed by atoms with E-state index in [0.29, 0.717) is 6.04 Å². The highest BCUT2D eigenvalue weighted by Crippen LogP contribution is 2.31. The summed E-state index contributed by atoms with van der Waals surface area (Å²) in [7, 11) is 0. The van der Waals surface area contributed by atoms with Gasteiger partial charge in [-0.15, -0.1) is 12.3 Å². The van der Waals surface area contributed by atoms with Crippen molar-refractivity contribution < 1.29 is 9.47 Å². The van der Waals surface area contributed by atoms with Crippen LogP contribution in [0.5, 0.6) is 0 Å². The second kappa shape index (κ2) is 8.53. The lowest BCUT2D eigenvalue weighted by Crippen LogP contribution is -2.55. The van der Waals surface area contributed by atoms with Crippen LogP contribution in [0.25, 0.3) is 0 Å². The first-order chi connectivity index (χ1) is 8.79. The van der Waals surface area contributed by atoms with Crippen molar-refractivity contribution in [3.05, 3.63) is 0 Å². The summed E-state index contributed by atoms with van der Waals surface area (Å²) in [5.41, 5.74) is -0.0579. The summed E-state index contributed by atoms with van der Waals surface area (Å²) in [6.45, 7) is 7.55. The Morgan fingerprint density at radius 2 is 2.11 bits per heavy atom. The second-order valence-corrected chi connectivity index (χ2v) is 4.82. The van der Waals surface area contributed by atoms with E-state index in [0.717, 1.165) is 58.5 Å². The maximum absolute atomic E-state index is 6.12. The smallest absolute Gasteiger partial charge is 0.0878 e. The second-order valence-electron chi connectivity index (χ2n) is 4.82. The van der Waals surface area contributed by atoms with Crippen LogP contribution in [0.2, 0.25) is 0 Å². The minimum Gasteiger partial charge on any atom is -0.381 e. The Kier molecular flexibility index (Phi) is 7.34. The molecule has 1 rings (SSSR count). The molecular formula is C15H27NO2.